The molecule has 0 radical (unpaired) electrons. The maximum Gasteiger partial charge on any atom is 0.293 e. The van der Waals surface area contributed by atoms with Crippen LogP contribution in [-0.2, 0) is 4.79 Å². The molecule has 1 aromatic rings. The molecule has 18 heavy (non-hydrogen) atoms. The Bertz CT molecular complexity index is 827. The van der Waals surface area contributed by atoms with Crippen molar-refractivity contribution in [3.63, 3.8) is 0 Å². The molecule has 0 saturated heterocycles. The lowest BCUT2D eigenvalue weighted by atomic mass is 10.1. The van der Waals surface area contributed by atoms with Gasteiger partial charge >= 0.3 is 0 Å². The van der Waals surface area contributed by atoms with Gasteiger partial charge in [0.1, 0.15) is 5.75 Å². The van der Waals surface area contributed by atoms with Crippen molar-refractivity contribution in [2.75, 3.05) is 7.11 Å². The van der Waals surface area contributed by atoms with Crippen molar-refractivity contribution in [1.29, 1.82) is 1.43 Å². The minimum Gasteiger partial charge on any atom is -0.515 e. The number of phenolic OH excluding ortho intramolecular Hbond substituents is 1. The Kier molecular flexibility index (Phi) is 3.04. The molecule has 1 aliphatic rings. The quantitative estimate of drug-likeness (QED) is 0.532. The second-order valence-corrected chi connectivity index (χ2v) is 2.33. The second-order valence-electron chi connectivity index (χ2n) is 2.33. The molecule has 0 atom stereocenters. The van der Waals surface area contributed by atoms with E-state index in [1.54, 1.807) is 0 Å². The SMILES string of the molecule is CO.[2H]C1=C([2H])C([2H])=C([2H])C(=CO)C1=O.[2H]Oc1c([2H])c([2H])c([2H])c([2H])c1[2H]. The van der Waals surface area contributed by atoms with Crippen LogP contribution in [0.25, 0.3) is 0 Å². The lowest BCUT2D eigenvalue weighted by Gasteiger charge is -1.95. The highest BCUT2D eigenvalue weighted by atomic mass is 16.3. The summed E-state index contributed by atoms with van der Waals surface area (Å²) in [5.74, 6) is -1.35. The van der Waals surface area contributed by atoms with E-state index in [2.05, 4.69) is 5.11 Å². The fourth-order valence-electron chi connectivity index (χ4n) is 0.640. The van der Waals surface area contributed by atoms with Crippen LogP contribution in [0.4, 0.5) is 0 Å². The zero-order valence-corrected chi connectivity index (χ0v) is 9.29. The molecule has 0 fully saturated rings. The third-order valence-electron chi connectivity index (χ3n) is 1.29. The zero-order valence-electron chi connectivity index (χ0n) is 19.3. The molecule has 4 nitrogen and oxygen atoms in total. The van der Waals surface area contributed by atoms with E-state index in [9.17, 15) is 4.79 Å². The highest BCUT2D eigenvalue weighted by molar-refractivity contribution is 6.07. The number of aliphatic hydroxyl groups is 2. The number of hydrogen-bond donors (Lipinski definition) is 3. The Hall–Kier alpha value is -2.33. The normalized spacial score (nSPS) is 24.1. The summed E-state index contributed by atoms with van der Waals surface area (Å²) in [5.41, 5.74) is -0.411. The molecule has 0 spiro atoms. The summed E-state index contributed by atoms with van der Waals surface area (Å²) in [5, 5.41) is 19.5. The molecule has 1 aliphatic carbocycles. The summed E-state index contributed by atoms with van der Waals surface area (Å²) in [4.78, 5) is 11.1. The monoisotopic (exact) mass is 258 g/mol. The average molecular weight is 258 g/mol. The van der Waals surface area contributed by atoms with Gasteiger partial charge in [-0.15, -0.1) is 0 Å². The van der Waals surface area contributed by atoms with Gasteiger partial charge in [-0.3, -0.25) is 4.79 Å². The van der Waals surface area contributed by atoms with Gasteiger partial charge in [-0.05, 0) is 24.2 Å². The molecule has 2 rings (SSSR count). The number of rotatable bonds is 1. The number of aromatic hydroxyl groups is 1. The number of para-hydroxylation sites is 1. The van der Waals surface area contributed by atoms with Crippen molar-refractivity contribution >= 4 is 5.78 Å². The molecule has 0 bridgehead atoms. The minimum absolute atomic E-state index is 0.389. The standard InChI is InChI=1S/C7H6O2.C6H6O.CH4O/c8-5-6-3-1-2-4-7(6)9;7-6-4-2-1-3-5-6;1-2/h1-5,8H;1-5,7H;2H,1H3/i1D,2D,3D,4D;1D,2D,3D,4D,5D;/hD. The smallest absolute Gasteiger partial charge is 0.293 e. The topological polar surface area (TPSA) is 77.8 Å². The Labute approximate surface area is 120 Å². The molecule has 3 N–H and O–H groups in total. The van der Waals surface area contributed by atoms with E-state index >= 15 is 0 Å². The van der Waals surface area contributed by atoms with Crippen molar-refractivity contribution in [2.45, 2.75) is 0 Å². The first kappa shape index (κ1) is 5.54. The van der Waals surface area contributed by atoms with Crippen molar-refractivity contribution < 1.29 is 32.5 Å². The van der Waals surface area contributed by atoms with E-state index in [1.807, 2.05) is 0 Å². The van der Waals surface area contributed by atoms with Crippen LogP contribution in [0.5, 0.6) is 5.75 Å². The predicted molar refractivity (Wildman–Crippen MR) is 70.2 cm³/mol. The lowest BCUT2D eigenvalue weighted by Crippen LogP contribution is -1.97. The molecule has 0 aromatic heterocycles. The second kappa shape index (κ2) is 9.86. The van der Waals surface area contributed by atoms with Crippen LogP contribution in [0.1, 0.15) is 12.3 Å². The molecule has 0 aliphatic heterocycles. The Morgan fingerprint density at radius 2 is 1.78 bits per heavy atom. The van der Waals surface area contributed by atoms with Crippen LogP contribution in [-0.4, -0.2) is 29.6 Å². The molecular weight excluding hydrogens is 232 g/mol. The zero-order chi connectivity index (χ0) is 22.3. The third kappa shape index (κ3) is 6.30. The minimum atomic E-state index is -0.895. The van der Waals surface area contributed by atoms with Gasteiger partial charge in [0.2, 0.25) is 0 Å². The molecule has 0 amide bonds. The first-order valence-electron chi connectivity index (χ1n) is 9.31. The molecular formula is C14H16O4. The number of hydrogen-bond acceptors (Lipinski definition) is 4. The van der Waals surface area contributed by atoms with E-state index in [-0.39, 0.29) is 0 Å². The summed E-state index contributed by atoms with van der Waals surface area (Å²) in [6.07, 6.45) is 0.389. The third-order valence-corrected chi connectivity index (χ3v) is 1.29. The van der Waals surface area contributed by atoms with E-state index < -0.39 is 71.5 Å². The van der Waals surface area contributed by atoms with Crippen molar-refractivity contribution in [3.8, 4) is 5.75 Å². The van der Waals surface area contributed by atoms with Gasteiger partial charge in [-0.25, -0.2) is 0 Å². The molecule has 96 valence electrons. The van der Waals surface area contributed by atoms with Gasteiger partial charge in [0.05, 0.1) is 24.2 Å². The number of carbonyl (C=O) groups is 1. The molecule has 0 saturated carbocycles. The summed E-state index contributed by atoms with van der Waals surface area (Å²) < 4.78 is 71.0. The number of allylic oxidation sites excluding steroid dienone is 5. The highest BCUT2D eigenvalue weighted by Crippen LogP contribution is 2.04. The fourth-order valence-corrected chi connectivity index (χ4v) is 0.640. The van der Waals surface area contributed by atoms with Gasteiger partial charge in [-0.1, -0.05) is 30.2 Å². The fraction of sp³-hybridized carbons (Fsp3) is 0.0714. The number of carbonyl (C=O) groups excluding carboxylic acids is 1. The largest absolute Gasteiger partial charge is 0.515 e. The van der Waals surface area contributed by atoms with E-state index in [1.165, 1.54) is 0 Å². The van der Waals surface area contributed by atoms with Crippen LogP contribution in [0.2, 0.25) is 0 Å². The lowest BCUT2D eigenvalue weighted by molar-refractivity contribution is -0.111. The van der Waals surface area contributed by atoms with Crippen molar-refractivity contribution in [1.82, 2.24) is 0 Å². The summed E-state index contributed by atoms with van der Waals surface area (Å²) >= 11 is 0. The molecule has 4 heteroatoms. The summed E-state index contributed by atoms with van der Waals surface area (Å²) in [6, 6.07) is -4.77. The van der Waals surface area contributed by atoms with Gasteiger partial charge in [0.25, 0.3) is 1.43 Å². The number of ketones is 1. The van der Waals surface area contributed by atoms with E-state index in [0.29, 0.717) is 6.26 Å². The number of phenols is 1. The van der Waals surface area contributed by atoms with Gasteiger partial charge < -0.3 is 15.3 Å². The Morgan fingerprint density at radius 3 is 2.33 bits per heavy atom. The van der Waals surface area contributed by atoms with E-state index in [0.717, 1.165) is 7.11 Å². The summed E-state index contributed by atoms with van der Waals surface area (Å²) in [6.45, 7) is 0. The molecule has 1 aromatic carbocycles. The summed E-state index contributed by atoms with van der Waals surface area (Å²) in [7, 11) is 1.00. The van der Waals surface area contributed by atoms with Crippen LogP contribution in [0.3, 0.4) is 0 Å². The maximum absolute atomic E-state index is 11.1. The Balaban J connectivity index is 0.000000478. The van der Waals surface area contributed by atoms with Crippen LogP contribution in [0, 0.1) is 0 Å². The van der Waals surface area contributed by atoms with Gasteiger partial charge in [0, 0.05) is 7.11 Å². The van der Waals surface area contributed by atoms with Crippen LogP contribution in [0.15, 0.2) is 66.3 Å². The molecule has 0 unspecified atom stereocenters. The first-order valence-corrected chi connectivity index (χ1v) is 4.40. The van der Waals surface area contributed by atoms with E-state index in [4.69, 9.17) is 24.0 Å². The van der Waals surface area contributed by atoms with Gasteiger partial charge in [0.15, 0.2) is 5.78 Å². The highest BCUT2D eigenvalue weighted by Gasteiger charge is 2.03. The van der Waals surface area contributed by atoms with Crippen LogP contribution >= 0.6 is 0 Å². The number of aliphatic hydroxyl groups excluding tert-OH is 2. The van der Waals surface area contributed by atoms with Crippen LogP contribution < -0.4 is 0 Å². The van der Waals surface area contributed by atoms with Crippen molar-refractivity contribution in [3.05, 3.63) is 66.3 Å². The van der Waals surface area contributed by atoms with Crippen molar-refractivity contribution in [2.24, 2.45) is 0 Å². The Morgan fingerprint density at radius 1 is 1.17 bits per heavy atom. The average Bonchev–Trinajstić information content (AvgIpc) is 2.70. The van der Waals surface area contributed by atoms with Gasteiger partial charge in [-0.2, -0.15) is 0 Å². The maximum atomic E-state index is 11.1. The predicted octanol–water partition coefficient (Wildman–Crippen LogP) is 2.12. The molecule has 0 heterocycles. The number of benzene rings is 1. The first-order chi connectivity index (χ1) is 13.0.